The lowest BCUT2D eigenvalue weighted by Crippen LogP contribution is -2.12. The van der Waals surface area contributed by atoms with Crippen LogP contribution in [0.3, 0.4) is 0 Å². The van der Waals surface area contributed by atoms with Gasteiger partial charge in [0.25, 0.3) is 0 Å². The molecule has 0 radical (unpaired) electrons. The fraction of sp³-hybridized carbons (Fsp3) is 0.667. The number of hydrogen-bond donors (Lipinski definition) is 2. The Morgan fingerprint density at radius 3 is 2.36 bits per heavy atom. The van der Waals surface area contributed by atoms with E-state index in [1.54, 1.807) is 0 Å². The zero-order valence-electron chi connectivity index (χ0n) is 8.34. The first-order valence-electron chi connectivity index (χ1n) is 5.43. The van der Waals surface area contributed by atoms with E-state index < -0.39 is 0 Å². The maximum Gasteiger partial charge on any atom is 0.0662 e. The van der Waals surface area contributed by atoms with Gasteiger partial charge in [-0.25, -0.2) is 0 Å². The third-order valence-electron chi connectivity index (χ3n) is 3.56. The van der Waals surface area contributed by atoms with Crippen LogP contribution in [0, 0.1) is 23.7 Å². The second-order valence-electron chi connectivity index (χ2n) is 4.30. The second kappa shape index (κ2) is 4.28. The minimum absolute atomic E-state index is 0.125. The van der Waals surface area contributed by atoms with Crippen LogP contribution in [0.1, 0.15) is 12.8 Å². The first-order chi connectivity index (χ1) is 6.86. The van der Waals surface area contributed by atoms with Gasteiger partial charge in [0.05, 0.1) is 13.2 Å². The molecular formula is C12H18O2. The molecule has 0 aromatic carbocycles. The molecule has 2 heteroatoms. The summed E-state index contributed by atoms with van der Waals surface area (Å²) in [6.07, 6.45) is 12.5. The predicted molar refractivity (Wildman–Crippen MR) is 55.6 cm³/mol. The number of aliphatic hydroxyl groups is 2. The Morgan fingerprint density at radius 1 is 1.00 bits per heavy atom. The fourth-order valence-corrected chi connectivity index (χ4v) is 2.97. The van der Waals surface area contributed by atoms with Crippen LogP contribution in [0.5, 0.6) is 0 Å². The van der Waals surface area contributed by atoms with Crippen molar-refractivity contribution in [2.75, 3.05) is 13.2 Å². The minimum Gasteiger partial charge on any atom is -0.394 e. The highest BCUT2D eigenvalue weighted by molar-refractivity contribution is 5.21. The van der Waals surface area contributed by atoms with Gasteiger partial charge in [-0.1, -0.05) is 24.3 Å². The summed E-state index contributed by atoms with van der Waals surface area (Å²) in [5.41, 5.74) is 0. The van der Waals surface area contributed by atoms with E-state index in [-0.39, 0.29) is 13.2 Å². The molecule has 2 bridgehead atoms. The smallest absolute Gasteiger partial charge is 0.0662 e. The molecular weight excluding hydrogens is 176 g/mol. The molecule has 14 heavy (non-hydrogen) atoms. The highest BCUT2D eigenvalue weighted by Gasteiger charge is 2.44. The minimum atomic E-state index is -0.125. The molecule has 78 valence electrons. The van der Waals surface area contributed by atoms with Crippen molar-refractivity contribution in [3.05, 3.63) is 24.3 Å². The number of rotatable bonds is 1. The molecule has 0 spiro atoms. The molecule has 4 atom stereocenters. The Kier molecular flexibility index (Phi) is 3.04. The lowest BCUT2D eigenvalue weighted by Gasteiger charge is -2.18. The second-order valence-corrected chi connectivity index (χ2v) is 4.30. The summed E-state index contributed by atoms with van der Waals surface area (Å²) in [6.45, 7) is -0.250. The van der Waals surface area contributed by atoms with Gasteiger partial charge in [0.2, 0.25) is 0 Å². The predicted octanol–water partition coefficient (Wildman–Crippen LogP) is 1.36. The third-order valence-corrected chi connectivity index (χ3v) is 3.56. The van der Waals surface area contributed by atoms with Gasteiger partial charge < -0.3 is 10.2 Å². The molecule has 0 aliphatic heterocycles. The van der Waals surface area contributed by atoms with E-state index in [0.29, 0.717) is 0 Å². The van der Waals surface area contributed by atoms with Crippen molar-refractivity contribution < 1.29 is 10.2 Å². The van der Waals surface area contributed by atoms with Crippen LogP contribution < -0.4 is 0 Å². The molecule has 3 aliphatic carbocycles. The van der Waals surface area contributed by atoms with E-state index in [1.807, 2.05) is 0 Å². The van der Waals surface area contributed by atoms with Crippen molar-refractivity contribution >= 4 is 0 Å². The summed E-state index contributed by atoms with van der Waals surface area (Å²) in [4.78, 5) is 0. The van der Waals surface area contributed by atoms with Crippen molar-refractivity contribution in [1.82, 2.24) is 0 Å². The van der Waals surface area contributed by atoms with Gasteiger partial charge >= 0.3 is 0 Å². The molecule has 3 aliphatic rings. The van der Waals surface area contributed by atoms with Gasteiger partial charge in [0, 0.05) is 0 Å². The van der Waals surface area contributed by atoms with Crippen molar-refractivity contribution in [1.29, 1.82) is 0 Å². The largest absolute Gasteiger partial charge is 0.394 e. The summed E-state index contributed by atoms with van der Waals surface area (Å²) in [5, 5.41) is 15.2. The molecule has 0 aromatic rings. The molecule has 1 saturated carbocycles. The molecule has 4 unspecified atom stereocenters. The standard InChI is InChI=1S/C10H12.C2H6O2/c1-2-9-7-4-5-8(6-7)10(9)3-1;3-1-2-4/h1-2,4-5,7-10H,3,6H2;3-4H,1-2H2. The van der Waals surface area contributed by atoms with E-state index in [4.69, 9.17) is 10.2 Å². The van der Waals surface area contributed by atoms with E-state index >= 15 is 0 Å². The Labute approximate surface area is 85.0 Å². The monoisotopic (exact) mass is 194 g/mol. The van der Waals surface area contributed by atoms with Crippen LogP contribution in [-0.2, 0) is 0 Å². The molecule has 0 aromatic heterocycles. The highest BCUT2D eigenvalue weighted by Crippen LogP contribution is 2.52. The molecule has 2 N–H and O–H groups in total. The number of hydrogen-bond acceptors (Lipinski definition) is 2. The Balaban J connectivity index is 0.000000165. The van der Waals surface area contributed by atoms with E-state index in [2.05, 4.69) is 24.3 Å². The van der Waals surface area contributed by atoms with Crippen LogP contribution in [0.15, 0.2) is 24.3 Å². The van der Waals surface area contributed by atoms with Crippen LogP contribution in [0.4, 0.5) is 0 Å². The molecule has 0 saturated heterocycles. The van der Waals surface area contributed by atoms with Gasteiger partial charge in [0.15, 0.2) is 0 Å². The molecule has 1 fully saturated rings. The van der Waals surface area contributed by atoms with Gasteiger partial charge in [-0.2, -0.15) is 0 Å². The summed E-state index contributed by atoms with van der Waals surface area (Å²) in [7, 11) is 0. The average molecular weight is 194 g/mol. The maximum absolute atomic E-state index is 7.62. The Morgan fingerprint density at radius 2 is 1.71 bits per heavy atom. The normalized spacial score (nSPS) is 41.0. The van der Waals surface area contributed by atoms with Crippen LogP contribution in [0.25, 0.3) is 0 Å². The number of fused-ring (bicyclic) bond motifs is 5. The van der Waals surface area contributed by atoms with Gasteiger partial charge in [0.1, 0.15) is 0 Å². The van der Waals surface area contributed by atoms with Crippen molar-refractivity contribution in [2.45, 2.75) is 12.8 Å². The zero-order chi connectivity index (χ0) is 9.97. The first kappa shape index (κ1) is 9.94. The molecule has 0 amide bonds. The molecule has 2 nitrogen and oxygen atoms in total. The number of allylic oxidation sites excluding steroid dienone is 4. The average Bonchev–Trinajstić information content (AvgIpc) is 2.90. The molecule has 0 heterocycles. The quantitative estimate of drug-likeness (QED) is 0.619. The Bertz CT molecular complexity index is 243. The van der Waals surface area contributed by atoms with Gasteiger partial charge in [-0.05, 0) is 36.5 Å². The first-order valence-corrected chi connectivity index (χ1v) is 5.43. The summed E-state index contributed by atoms with van der Waals surface area (Å²) in [5.74, 6) is 3.82. The maximum atomic E-state index is 7.62. The van der Waals surface area contributed by atoms with E-state index in [0.717, 1.165) is 23.7 Å². The van der Waals surface area contributed by atoms with E-state index in [9.17, 15) is 0 Å². The lowest BCUT2D eigenvalue weighted by atomic mass is 9.86. The fourth-order valence-electron chi connectivity index (χ4n) is 2.97. The van der Waals surface area contributed by atoms with Crippen LogP contribution in [-0.4, -0.2) is 23.4 Å². The molecule has 3 rings (SSSR count). The van der Waals surface area contributed by atoms with E-state index in [1.165, 1.54) is 12.8 Å². The van der Waals surface area contributed by atoms with Gasteiger partial charge in [-0.15, -0.1) is 0 Å². The topological polar surface area (TPSA) is 40.5 Å². The lowest BCUT2D eigenvalue weighted by molar-refractivity contribution is 0.186. The highest BCUT2D eigenvalue weighted by atomic mass is 16.3. The van der Waals surface area contributed by atoms with Crippen molar-refractivity contribution in [3.63, 3.8) is 0 Å². The summed E-state index contributed by atoms with van der Waals surface area (Å²) < 4.78 is 0. The van der Waals surface area contributed by atoms with Crippen LogP contribution in [0.2, 0.25) is 0 Å². The summed E-state index contributed by atoms with van der Waals surface area (Å²) in [6, 6.07) is 0. The van der Waals surface area contributed by atoms with Crippen molar-refractivity contribution in [3.8, 4) is 0 Å². The van der Waals surface area contributed by atoms with Crippen molar-refractivity contribution in [2.24, 2.45) is 23.7 Å². The van der Waals surface area contributed by atoms with Crippen LogP contribution >= 0.6 is 0 Å². The number of aliphatic hydroxyl groups excluding tert-OH is 2. The summed E-state index contributed by atoms with van der Waals surface area (Å²) >= 11 is 0. The van der Waals surface area contributed by atoms with Gasteiger partial charge in [-0.3, -0.25) is 0 Å². The SMILES string of the molecule is C1=CC2C3C=CC(C3)C2C1.OCCO. The Hall–Kier alpha value is -0.600. The zero-order valence-corrected chi connectivity index (χ0v) is 8.34. The third kappa shape index (κ3) is 1.64.